The van der Waals surface area contributed by atoms with Crippen LogP contribution in [-0.2, 0) is 9.59 Å². The van der Waals surface area contributed by atoms with Gasteiger partial charge in [0.25, 0.3) is 11.7 Å². The molecule has 0 radical (unpaired) electrons. The summed E-state index contributed by atoms with van der Waals surface area (Å²) in [6.45, 7) is 3.82. The fourth-order valence-corrected chi connectivity index (χ4v) is 5.18. The summed E-state index contributed by atoms with van der Waals surface area (Å²) in [5.74, 6) is -1.44. The van der Waals surface area contributed by atoms with Crippen molar-refractivity contribution in [2.45, 2.75) is 19.9 Å². The van der Waals surface area contributed by atoms with Crippen molar-refractivity contribution in [2.24, 2.45) is 0 Å². The minimum Gasteiger partial charge on any atom is -0.507 e. The maximum Gasteiger partial charge on any atom is 0.300 e. The third kappa shape index (κ3) is 3.13. The molecule has 2 heterocycles. The van der Waals surface area contributed by atoms with Gasteiger partial charge in [-0.2, -0.15) is 0 Å². The van der Waals surface area contributed by atoms with Gasteiger partial charge in [-0.1, -0.05) is 60.2 Å². The van der Waals surface area contributed by atoms with E-state index in [4.69, 9.17) is 0 Å². The molecule has 0 spiro atoms. The first-order valence-electron chi connectivity index (χ1n) is 10.4. The topological polar surface area (TPSA) is 57.6 Å². The largest absolute Gasteiger partial charge is 0.507 e. The van der Waals surface area contributed by atoms with Crippen molar-refractivity contribution in [3.8, 4) is 0 Å². The second kappa shape index (κ2) is 7.77. The lowest BCUT2D eigenvalue weighted by Gasteiger charge is -2.25. The quantitative estimate of drug-likeness (QED) is 0.237. The van der Waals surface area contributed by atoms with Crippen molar-refractivity contribution in [1.82, 2.24) is 0 Å². The van der Waals surface area contributed by atoms with E-state index in [-0.39, 0.29) is 11.3 Å². The van der Waals surface area contributed by atoms with Crippen LogP contribution in [-0.4, -0.2) is 16.8 Å². The second-order valence-electron chi connectivity index (χ2n) is 8.00. The summed E-state index contributed by atoms with van der Waals surface area (Å²) in [5, 5.41) is 15.1. The molecule has 0 aliphatic carbocycles. The van der Waals surface area contributed by atoms with Crippen LogP contribution in [0.3, 0.4) is 0 Å². The smallest absolute Gasteiger partial charge is 0.300 e. The Labute approximate surface area is 190 Å². The van der Waals surface area contributed by atoms with Crippen LogP contribution in [0.1, 0.15) is 27.6 Å². The number of hydrogen-bond donors (Lipinski definition) is 1. The van der Waals surface area contributed by atoms with E-state index in [1.807, 2.05) is 92.0 Å². The van der Waals surface area contributed by atoms with Gasteiger partial charge in [0.15, 0.2) is 0 Å². The molecule has 1 aliphatic heterocycles. The van der Waals surface area contributed by atoms with Crippen molar-refractivity contribution < 1.29 is 14.7 Å². The molecule has 5 rings (SSSR count). The van der Waals surface area contributed by atoms with Crippen LogP contribution in [0, 0.1) is 13.8 Å². The fraction of sp³-hybridized carbons (Fsp3) is 0.111. The van der Waals surface area contributed by atoms with Crippen molar-refractivity contribution in [3.63, 3.8) is 0 Å². The molecule has 0 saturated carbocycles. The van der Waals surface area contributed by atoms with Gasteiger partial charge in [0.2, 0.25) is 0 Å². The molecule has 0 bridgehead atoms. The van der Waals surface area contributed by atoms with Crippen LogP contribution in [0.25, 0.3) is 16.5 Å². The molecular formula is C27H21NO3S. The molecule has 1 fully saturated rings. The average molecular weight is 440 g/mol. The van der Waals surface area contributed by atoms with Gasteiger partial charge < -0.3 is 5.11 Å². The second-order valence-corrected chi connectivity index (χ2v) is 8.98. The first-order valence-corrected chi connectivity index (χ1v) is 11.2. The number of nitrogens with zero attached hydrogens (tertiary/aromatic N) is 1. The third-order valence-electron chi connectivity index (χ3n) is 5.93. The summed E-state index contributed by atoms with van der Waals surface area (Å²) in [6, 6.07) is 22.3. The minimum absolute atomic E-state index is 0.124. The van der Waals surface area contributed by atoms with Crippen molar-refractivity contribution in [3.05, 3.63) is 105 Å². The zero-order valence-electron chi connectivity index (χ0n) is 17.7. The number of carbonyl (C=O) groups is 2. The lowest BCUT2D eigenvalue weighted by molar-refractivity contribution is -0.132. The van der Waals surface area contributed by atoms with Gasteiger partial charge in [0.05, 0.1) is 11.3 Å². The number of aliphatic hydroxyl groups excluding tert-OH is 1. The number of rotatable bonds is 3. The summed E-state index contributed by atoms with van der Waals surface area (Å²) in [5.41, 5.74) is 3.16. The third-order valence-corrected chi connectivity index (χ3v) is 6.86. The van der Waals surface area contributed by atoms with Crippen LogP contribution in [0.15, 0.2) is 83.7 Å². The number of anilines is 1. The zero-order chi connectivity index (χ0) is 22.4. The fourth-order valence-electron chi connectivity index (χ4n) is 4.35. The number of ketones is 1. The minimum atomic E-state index is -0.694. The number of carbonyl (C=O) groups excluding carboxylic acids is 2. The van der Waals surface area contributed by atoms with Crippen molar-refractivity contribution in [1.29, 1.82) is 0 Å². The van der Waals surface area contributed by atoms with E-state index in [9.17, 15) is 14.7 Å². The maximum atomic E-state index is 13.4. The number of thiophene rings is 1. The Morgan fingerprint density at radius 1 is 0.938 bits per heavy atom. The van der Waals surface area contributed by atoms with E-state index in [1.54, 1.807) is 0 Å². The van der Waals surface area contributed by atoms with Gasteiger partial charge in [0.1, 0.15) is 11.8 Å². The summed E-state index contributed by atoms with van der Waals surface area (Å²) >= 11 is 1.46. The van der Waals surface area contributed by atoms with Gasteiger partial charge in [0, 0.05) is 15.8 Å². The first-order chi connectivity index (χ1) is 15.5. The number of benzene rings is 3. The van der Waals surface area contributed by atoms with Gasteiger partial charge in [-0.15, -0.1) is 11.3 Å². The molecule has 4 nitrogen and oxygen atoms in total. The predicted molar refractivity (Wildman–Crippen MR) is 129 cm³/mol. The molecule has 4 aromatic rings. The molecule has 1 atom stereocenters. The van der Waals surface area contributed by atoms with E-state index in [2.05, 4.69) is 0 Å². The highest BCUT2D eigenvalue weighted by Crippen LogP contribution is 2.45. The molecule has 1 unspecified atom stereocenters. The van der Waals surface area contributed by atoms with Crippen LogP contribution in [0.5, 0.6) is 0 Å². The van der Waals surface area contributed by atoms with Crippen molar-refractivity contribution >= 4 is 45.2 Å². The molecule has 32 heavy (non-hydrogen) atoms. The van der Waals surface area contributed by atoms with E-state index >= 15 is 0 Å². The number of fused-ring (bicyclic) bond motifs is 1. The Balaban J connectivity index is 1.79. The Morgan fingerprint density at radius 2 is 1.72 bits per heavy atom. The highest BCUT2D eigenvalue weighted by molar-refractivity contribution is 7.10. The molecular weight excluding hydrogens is 418 g/mol. The molecule has 1 N–H and O–H groups in total. The summed E-state index contributed by atoms with van der Waals surface area (Å²) in [7, 11) is 0. The van der Waals surface area contributed by atoms with E-state index < -0.39 is 17.7 Å². The van der Waals surface area contributed by atoms with E-state index in [0.717, 1.165) is 26.8 Å². The Bertz CT molecular complexity index is 1400. The molecule has 3 aromatic carbocycles. The lowest BCUT2D eigenvalue weighted by Crippen LogP contribution is -2.29. The monoisotopic (exact) mass is 439 g/mol. The first kappa shape index (κ1) is 20.2. The SMILES string of the molecule is Cc1ccc(C)c(/C(O)=C2/C(=O)C(=O)N(c3cccc4ccccc34)C2c2cccs2)c1. The van der Waals surface area contributed by atoms with Crippen LogP contribution >= 0.6 is 11.3 Å². The number of aryl methyl sites for hydroxylation is 2. The van der Waals surface area contributed by atoms with Crippen LogP contribution in [0.2, 0.25) is 0 Å². The van der Waals surface area contributed by atoms with E-state index in [1.165, 1.54) is 16.2 Å². The Kier molecular flexibility index (Phi) is 4.91. The molecule has 1 amide bonds. The van der Waals surface area contributed by atoms with Crippen LogP contribution in [0.4, 0.5) is 5.69 Å². The number of hydrogen-bond acceptors (Lipinski definition) is 4. The molecule has 158 valence electrons. The Hall–Kier alpha value is -3.70. The highest BCUT2D eigenvalue weighted by atomic mass is 32.1. The molecule has 1 saturated heterocycles. The molecule has 1 aromatic heterocycles. The summed E-state index contributed by atoms with van der Waals surface area (Å²) in [6.07, 6.45) is 0. The predicted octanol–water partition coefficient (Wildman–Crippen LogP) is 6.14. The molecule has 5 heteroatoms. The number of Topliss-reactive ketones (excluding diaryl/α,β-unsaturated/α-hetero) is 1. The van der Waals surface area contributed by atoms with Crippen LogP contribution < -0.4 is 4.90 Å². The number of aliphatic hydroxyl groups is 1. The van der Waals surface area contributed by atoms with Gasteiger partial charge in [-0.3, -0.25) is 14.5 Å². The Morgan fingerprint density at radius 3 is 2.50 bits per heavy atom. The average Bonchev–Trinajstić information content (AvgIpc) is 3.42. The normalized spacial score (nSPS) is 17.9. The number of amides is 1. The summed E-state index contributed by atoms with van der Waals surface area (Å²) in [4.78, 5) is 29.1. The maximum absolute atomic E-state index is 13.4. The van der Waals surface area contributed by atoms with E-state index in [0.29, 0.717) is 11.3 Å². The lowest BCUT2D eigenvalue weighted by atomic mass is 9.96. The zero-order valence-corrected chi connectivity index (χ0v) is 18.5. The van der Waals surface area contributed by atoms with Crippen molar-refractivity contribution in [2.75, 3.05) is 4.90 Å². The highest BCUT2D eigenvalue weighted by Gasteiger charge is 2.47. The van der Waals surface area contributed by atoms with Gasteiger partial charge in [-0.25, -0.2) is 0 Å². The van der Waals surface area contributed by atoms with Gasteiger partial charge >= 0.3 is 0 Å². The standard InChI is InChI=1S/C27H21NO3S/c1-16-12-13-17(2)20(15-16)25(29)23-24(22-11-6-14-32-22)28(27(31)26(23)30)21-10-5-8-18-7-3-4-9-19(18)21/h3-15,24,29H,1-2H3/b25-23-. The summed E-state index contributed by atoms with van der Waals surface area (Å²) < 4.78 is 0. The van der Waals surface area contributed by atoms with Gasteiger partial charge in [-0.05, 0) is 48.4 Å². The molecule has 1 aliphatic rings.